The second-order valence-electron chi connectivity index (χ2n) is 4.27. The minimum Gasteiger partial charge on any atom is -0.377 e. The molecule has 12 heavy (non-hydrogen) atoms. The molecular formula is C11H21O. The van der Waals surface area contributed by atoms with Gasteiger partial charge < -0.3 is 4.74 Å². The lowest BCUT2D eigenvalue weighted by Crippen LogP contribution is -2.09. The topological polar surface area (TPSA) is 9.23 Å². The second-order valence-corrected chi connectivity index (χ2v) is 4.27. The summed E-state index contributed by atoms with van der Waals surface area (Å²) in [5, 5.41) is 0. The highest BCUT2D eigenvalue weighted by Crippen LogP contribution is 2.17. The Morgan fingerprint density at radius 3 is 2.42 bits per heavy atom. The zero-order chi connectivity index (χ0) is 9.61. The highest BCUT2D eigenvalue weighted by atomic mass is 16.5. The summed E-state index contributed by atoms with van der Waals surface area (Å²) in [4.78, 5) is 0. The molecule has 1 nitrogen and oxygen atoms in total. The van der Waals surface area contributed by atoms with Gasteiger partial charge in [-0.2, -0.15) is 0 Å². The fourth-order valence-electron chi connectivity index (χ4n) is 0.657. The van der Waals surface area contributed by atoms with E-state index in [1.54, 1.807) is 0 Å². The zero-order valence-electron chi connectivity index (χ0n) is 8.81. The van der Waals surface area contributed by atoms with Crippen LogP contribution >= 0.6 is 0 Å². The van der Waals surface area contributed by atoms with Crippen LogP contribution in [0.25, 0.3) is 0 Å². The molecule has 0 aliphatic carbocycles. The average molecular weight is 169 g/mol. The van der Waals surface area contributed by atoms with Crippen LogP contribution in [0.15, 0.2) is 11.6 Å². The standard InChI is InChI=1S/C11H21O/c1-10(2)6-8-12-9-7-11(3,4)5/h6H,3,7-9H2,1-2,4-5H3. The summed E-state index contributed by atoms with van der Waals surface area (Å²) in [6.07, 6.45) is 3.11. The molecule has 0 atom stereocenters. The van der Waals surface area contributed by atoms with Gasteiger partial charge in [0.15, 0.2) is 0 Å². The number of hydrogen-bond acceptors (Lipinski definition) is 1. The van der Waals surface area contributed by atoms with E-state index in [1.807, 2.05) is 0 Å². The SMILES string of the molecule is [CH2]C(C)(C)CCOCC=C(C)C. The first-order valence-electron chi connectivity index (χ1n) is 4.48. The molecule has 0 rings (SSSR count). The first kappa shape index (κ1) is 11.7. The first-order valence-corrected chi connectivity index (χ1v) is 4.48. The maximum absolute atomic E-state index is 5.40. The summed E-state index contributed by atoms with van der Waals surface area (Å²) >= 11 is 0. The van der Waals surface area contributed by atoms with Crippen molar-refractivity contribution in [2.75, 3.05) is 13.2 Å². The molecule has 0 amide bonds. The van der Waals surface area contributed by atoms with Crippen LogP contribution in [0.1, 0.15) is 34.1 Å². The fourth-order valence-corrected chi connectivity index (χ4v) is 0.657. The maximum atomic E-state index is 5.40. The molecule has 1 radical (unpaired) electrons. The molecule has 0 aromatic carbocycles. The Hall–Kier alpha value is -0.300. The van der Waals surface area contributed by atoms with Gasteiger partial charge in [-0.05, 0) is 32.6 Å². The van der Waals surface area contributed by atoms with Crippen LogP contribution in [-0.2, 0) is 4.74 Å². The summed E-state index contributed by atoms with van der Waals surface area (Å²) in [6, 6.07) is 0. The molecule has 0 heterocycles. The van der Waals surface area contributed by atoms with Crippen LogP contribution in [0.3, 0.4) is 0 Å². The molecule has 0 unspecified atom stereocenters. The lowest BCUT2D eigenvalue weighted by atomic mass is 9.93. The number of ether oxygens (including phenoxy) is 1. The van der Waals surface area contributed by atoms with Crippen molar-refractivity contribution in [3.63, 3.8) is 0 Å². The van der Waals surface area contributed by atoms with Gasteiger partial charge in [0.25, 0.3) is 0 Å². The largest absolute Gasteiger partial charge is 0.377 e. The molecule has 0 N–H and O–H groups in total. The molecule has 0 saturated carbocycles. The van der Waals surface area contributed by atoms with E-state index in [9.17, 15) is 0 Å². The van der Waals surface area contributed by atoms with Crippen LogP contribution < -0.4 is 0 Å². The number of hydrogen-bond donors (Lipinski definition) is 0. The van der Waals surface area contributed by atoms with Crippen LogP contribution in [0, 0.1) is 12.3 Å². The van der Waals surface area contributed by atoms with Gasteiger partial charge >= 0.3 is 0 Å². The number of allylic oxidation sites excluding steroid dienone is 1. The lowest BCUT2D eigenvalue weighted by molar-refractivity contribution is 0.137. The highest BCUT2D eigenvalue weighted by molar-refractivity contribution is 4.92. The maximum Gasteiger partial charge on any atom is 0.0649 e. The fraction of sp³-hybridized carbons (Fsp3) is 0.727. The van der Waals surface area contributed by atoms with E-state index in [1.165, 1.54) is 5.57 Å². The average Bonchev–Trinajstić information content (AvgIpc) is 1.83. The van der Waals surface area contributed by atoms with Crippen LogP contribution in [0.5, 0.6) is 0 Å². The van der Waals surface area contributed by atoms with Crippen molar-refractivity contribution in [3.8, 4) is 0 Å². The van der Waals surface area contributed by atoms with Crippen molar-refractivity contribution >= 4 is 0 Å². The smallest absolute Gasteiger partial charge is 0.0649 e. The van der Waals surface area contributed by atoms with Crippen molar-refractivity contribution in [1.29, 1.82) is 0 Å². The Balaban J connectivity index is 3.29. The van der Waals surface area contributed by atoms with Crippen molar-refractivity contribution in [1.82, 2.24) is 0 Å². The lowest BCUT2D eigenvalue weighted by Gasteiger charge is -2.16. The predicted molar refractivity (Wildman–Crippen MR) is 54.0 cm³/mol. The third-order valence-electron chi connectivity index (χ3n) is 1.53. The van der Waals surface area contributed by atoms with Gasteiger partial charge in [0.1, 0.15) is 0 Å². The van der Waals surface area contributed by atoms with Gasteiger partial charge in [-0.1, -0.05) is 25.5 Å². The Morgan fingerprint density at radius 1 is 1.42 bits per heavy atom. The summed E-state index contributed by atoms with van der Waals surface area (Å²) in [7, 11) is 0. The molecule has 0 aromatic rings. The van der Waals surface area contributed by atoms with Gasteiger partial charge in [-0.25, -0.2) is 0 Å². The van der Waals surface area contributed by atoms with Crippen LogP contribution in [0.2, 0.25) is 0 Å². The van der Waals surface area contributed by atoms with Gasteiger partial charge in [-0.3, -0.25) is 0 Å². The third kappa shape index (κ3) is 9.70. The van der Waals surface area contributed by atoms with Crippen molar-refractivity contribution in [2.24, 2.45) is 5.41 Å². The minimum atomic E-state index is 0.144. The van der Waals surface area contributed by atoms with E-state index in [-0.39, 0.29) is 5.41 Å². The molecule has 0 aliphatic rings. The molecule has 0 fully saturated rings. The van der Waals surface area contributed by atoms with E-state index in [0.29, 0.717) is 0 Å². The van der Waals surface area contributed by atoms with E-state index in [4.69, 9.17) is 4.74 Å². The van der Waals surface area contributed by atoms with Crippen LogP contribution in [-0.4, -0.2) is 13.2 Å². The van der Waals surface area contributed by atoms with E-state index in [0.717, 1.165) is 19.6 Å². The van der Waals surface area contributed by atoms with E-state index < -0.39 is 0 Å². The summed E-state index contributed by atoms with van der Waals surface area (Å²) in [6.45, 7) is 13.9. The van der Waals surface area contributed by atoms with E-state index >= 15 is 0 Å². The molecule has 0 aromatic heterocycles. The Morgan fingerprint density at radius 2 is 2.00 bits per heavy atom. The molecule has 71 valence electrons. The Bertz CT molecular complexity index is 136. The molecule has 0 spiro atoms. The van der Waals surface area contributed by atoms with E-state index in [2.05, 4.69) is 40.7 Å². The predicted octanol–water partition coefficient (Wildman–Crippen LogP) is 3.22. The minimum absolute atomic E-state index is 0.144. The quantitative estimate of drug-likeness (QED) is 0.453. The van der Waals surface area contributed by atoms with Gasteiger partial charge in [0.2, 0.25) is 0 Å². The summed E-state index contributed by atoms with van der Waals surface area (Å²) in [5.41, 5.74) is 1.45. The first-order chi connectivity index (χ1) is 5.42. The van der Waals surface area contributed by atoms with Crippen LogP contribution in [0.4, 0.5) is 0 Å². The van der Waals surface area contributed by atoms with Crippen molar-refractivity contribution in [2.45, 2.75) is 34.1 Å². The monoisotopic (exact) mass is 169 g/mol. The summed E-state index contributed by atoms with van der Waals surface area (Å²) < 4.78 is 5.40. The third-order valence-corrected chi connectivity index (χ3v) is 1.53. The normalized spacial score (nSPS) is 11.4. The number of rotatable bonds is 5. The van der Waals surface area contributed by atoms with Crippen molar-refractivity contribution in [3.05, 3.63) is 18.6 Å². The summed E-state index contributed by atoms with van der Waals surface area (Å²) in [5.74, 6) is 0. The van der Waals surface area contributed by atoms with Crippen molar-refractivity contribution < 1.29 is 4.74 Å². The zero-order valence-corrected chi connectivity index (χ0v) is 8.81. The molecular weight excluding hydrogens is 148 g/mol. The molecule has 1 heteroatoms. The molecule has 0 bridgehead atoms. The Kier molecular flexibility index (Phi) is 5.23. The molecule has 0 aliphatic heterocycles. The van der Waals surface area contributed by atoms with Gasteiger partial charge in [-0.15, -0.1) is 0 Å². The molecule has 0 saturated heterocycles. The highest BCUT2D eigenvalue weighted by Gasteiger charge is 2.08. The van der Waals surface area contributed by atoms with Gasteiger partial charge in [0, 0.05) is 6.61 Å². The van der Waals surface area contributed by atoms with Gasteiger partial charge in [0.05, 0.1) is 6.61 Å². The Labute approximate surface area is 76.8 Å². The second kappa shape index (κ2) is 5.36.